The second-order valence-corrected chi connectivity index (χ2v) is 24.4. The minimum absolute atomic E-state index is 0.104. The molecule has 0 bridgehead atoms. The number of thioether (sulfide) groups is 2. The Morgan fingerprint density at radius 3 is 1.62 bits per heavy atom. The van der Waals surface area contributed by atoms with Crippen LogP contribution in [0.25, 0.3) is 0 Å². The fraction of sp³-hybridized carbons (Fsp3) is 0.686. The van der Waals surface area contributed by atoms with Gasteiger partial charge in [0, 0.05) is 49.6 Å². The van der Waals surface area contributed by atoms with Gasteiger partial charge in [0.15, 0.2) is 0 Å². The molecule has 0 radical (unpaired) electrons. The molecule has 1 saturated heterocycles. The third kappa shape index (κ3) is 4.52. The Morgan fingerprint density at radius 2 is 1.05 bits per heavy atom. The number of hydrogen-bond acceptors (Lipinski definition) is 5. The summed E-state index contributed by atoms with van der Waals surface area (Å²) in [5.74, 6) is 9.00. The van der Waals surface area contributed by atoms with Crippen LogP contribution in [0, 0.1) is 46.8 Å². The molecule has 6 saturated carbocycles. The van der Waals surface area contributed by atoms with Crippen LogP contribution in [0.1, 0.15) is 135 Å². The molecule has 2 aromatic carbocycles. The molecule has 2 aromatic rings. The molecule has 0 amide bonds. The van der Waals surface area contributed by atoms with Crippen molar-refractivity contribution >= 4 is 23.5 Å². The highest BCUT2D eigenvalue weighted by Crippen LogP contribution is 2.71. The molecule has 5 heterocycles. The zero-order valence-corrected chi connectivity index (χ0v) is 36.0. The Hall–Kier alpha value is -1.98. The summed E-state index contributed by atoms with van der Waals surface area (Å²) in [7, 11) is 0. The van der Waals surface area contributed by atoms with E-state index in [0.29, 0.717) is 35.5 Å². The summed E-state index contributed by atoms with van der Waals surface area (Å²) in [6.45, 7) is 7.69. The number of nitrogens with zero attached hydrogens (tertiary/aromatic N) is 3. The molecule has 5 heteroatoms. The lowest BCUT2D eigenvalue weighted by molar-refractivity contribution is -0.00621. The van der Waals surface area contributed by atoms with Gasteiger partial charge in [-0.25, -0.2) is 0 Å². The van der Waals surface area contributed by atoms with E-state index in [1.54, 1.807) is 22.8 Å². The fourth-order valence-electron chi connectivity index (χ4n) is 16.9. The zero-order chi connectivity index (χ0) is 37.1. The van der Waals surface area contributed by atoms with Crippen LogP contribution in [0.3, 0.4) is 0 Å². The van der Waals surface area contributed by atoms with Crippen molar-refractivity contribution in [1.82, 2.24) is 14.7 Å². The number of hydrogen-bond donors (Lipinski definition) is 0. The quantitative estimate of drug-likeness (QED) is 0.299. The van der Waals surface area contributed by atoms with Gasteiger partial charge in [-0.3, -0.25) is 0 Å². The van der Waals surface area contributed by atoms with Gasteiger partial charge in [0.2, 0.25) is 0 Å². The summed E-state index contributed by atoms with van der Waals surface area (Å²) < 4.78 is 0. The number of benzene rings is 2. The van der Waals surface area contributed by atoms with Crippen LogP contribution in [-0.4, -0.2) is 55.4 Å². The van der Waals surface area contributed by atoms with E-state index in [1.165, 1.54) is 103 Å². The molecule has 5 aliphatic heterocycles. The standard InChI is InChI=1S/C51H65N3S2/c1-50(2,3)32-26-43-45-44(27-32)56-47-35-22-12-15-25-40(35)53-42-29-38-36(28-41(42)52-39-24-14-11-21-34(39)46(55-43)48(52)54(45)49(47)53)33-20-10-13-23-37(33)51(38,30-16-6-4-7-17-30)31-18-8-5-9-19-31/h4-9,16-19,32-45H,10-15,20-29H2,1-3H3. The third-order valence-corrected chi connectivity index (χ3v) is 21.9. The maximum atomic E-state index is 3.30. The lowest BCUT2D eigenvalue weighted by atomic mass is 9.57. The van der Waals surface area contributed by atoms with E-state index in [4.69, 9.17) is 0 Å². The fourth-order valence-corrected chi connectivity index (χ4v) is 20.7. The molecular weight excluding hydrogens is 719 g/mol. The van der Waals surface area contributed by atoms with Crippen molar-refractivity contribution in [2.24, 2.45) is 46.8 Å². The first-order valence-electron chi connectivity index (χ1n) is 23.7. The molecule has 3 nitrogen and oxygen atoms in total. The summed E-state index contributed by atoms with van der Waals surface area (Å²) in [4.78, 5) is 13.6. The van der Waals surface area contributed by atoms with E-state index in [1.807, 2.05) is 9.81 Å². The number of rotatable bonds is 2. The third-order valence-electron chi connectivity index (χ3n) is 18.8. The molecule has 6 aliphatic carbocycles. The first-order valence-corrected chi connectivity index (χ1v) is 25.5. The van der Waals surface area contributed by atoms with E-state index in [0.717, 1.165) is 52.0 Å². The summed E-state index contributed by atoms with van der Waals surface area (Å²) in [5, 5.41) is 1.47. The molecule has 14 unspecified atom stereocenters. The summed E-state index contributed by atoms with van der Waals surface area (Å²) >= 11 is 4.91. The van der Waals surface area contributed by atoms with Crippen molar-refractivity contribution in [3.8, 4) is 0 Å². The lowest BCUT2D eigenvalue weighted by Crippen LogP contribution is -2.59. The van der Waals surface area contributed by atoms with Crippen LogP contribution in [0.5, 0.6) is 0 Å². The van der Waals surface area contributed by atoms with Gasteiger partial charge >= 0.3 is 0 Å². The van der Waals surface area contributed by atoms with Crippen molar-refractivity contribution in [2.75, 3.05) is 0 Å². The normalized spacial score (nSPS) is 44.0. The first-order chi connectivity index (χ1) is 27.4. The minimum Gasteiger partial charge on any atom is -0.349 e. The Balaban J connectivity index is 1.03. The van der Waals surface area contributed by atoms with Crippen LogP contribution < -0.4 is 0 Å². The van der Waals surface area contributed by atoms with Crippen molar-refractivity contribution in [3.63, 3.8) is 0 Å². The van der Waals surface area contributed by atoms with Gasteiger partial charge in [0.25, 0.3) is 0 Å². The molecule has 7 fully saturated rings. The molecule has 0 spiro atoms. The monoisotopic (exact) mass is 783 g/mol. The van der Waals surface area contributed by atoms with Crippen LogP contribution in [0.15, 0.2) is 82.1 Å². The molecule has 0 aromatic heterocycles. The van der Waals surface area contributed by atoms with Crippen molar-refractivity contribution < 1.29 is 0 Å². The van der Waals surface area contributed by atoms with Crippen LogP contribution in [-0.2, 0) is 5.41 Å². The summed E-state index contributed by atoms with van der Waals surface area (Å²) in [5.41, 5.74) is 3.77. The molecule has 56 heavy (non-hydrogen) atoms. The van der Waals surface area contributed by atoms with Gasteiger partial charge in [-0.05, 0) is 110 Å². The van der Waals surface area contributed by atoms with Crippen molar-refractivity contribution in [3.05, 3.63) is 93.2 Å². The lowest BCUT2D eigenvalue weighted by Gasteiger charge is -2.56. The van der Waals surface area contributed by atoms with Gasteiger partial charge in [0.1, 0.15) is 11.6 Å². The second-order valence-electron chi connectivity index (χ2n) is 21.8. The van der Waals surface area contributed by atoms with Crippen molar-refractivity contribution in [2.45, 2.75) is 170 Å². The summed E-state index contributed by atoms with van der Waals surface area (Å²) in [6, 6.07) is 27.7. The van der Waals surface area contributed by atoms with Gasteiger partial charge < -0.3 is 14.7 Å². The predicted octanol–water partition coefficient (Wildman–Crippen LogP) is 12.0. The Bertz CT molecular complexity index is 1910. The Labute approximate surface area is 346 Å². The zero-order valence-electron chi connectivity index (χ0n) is 34.3. The van der Waals surface area contributed by atoms with E-state index in [-0.39, 0.29) is 5.41 Å². The van der Waals surface area contributed by atoms with Gasteiger partial charge in [0.05, 0.1) is 18.1 Å². The maximum Gasteiger partial charge on any atom is 0.121 e. The first kappa shape index (κ1) is 34.8. The largest absolute Gasteiger partial charge is 0.349 e. The average Bonchev–Trinajstić information content (AvgIpc) is 3.81. The smallest absolute Gasteiger partial charge is 0.121 e. The second kappa shape index (κ2) is 12.5. The van der Waals surface area contributed by atoms with E-state index in [9.17, 15) is 0 Å². The average molecular weight is 784 g/mol. The topological polar surface area (TPSA) is 9.72 Å². The number of fused-ring (bicyclic) bond motifs is 12. The van der Waals surface area contributed by atoms with Gasteiger partial charge in [-0.15, -0.1) is 23.5 Å². The van der Waals surface area contributed by atoms with E-state index < -0.39 is 0 Å². The molecule has 11 aliphatic rings. The highest BCUT2D eigenvalue weighted by Gasteiger charge is 2.69. The van der Waals surface area contributed by atoms with Crippen molar-refractivity contribution in [1.29, 1.82) is 0 Å². The molecular formula is C51H65N3S2. The molecule has 296 valence electrons. The molecule has 14 atom stereocenters. The molecule has 0 N–H and O–H groups in total. The minimum atomic E-state index is 0.104. The highest BCUT2D eigenvalue weighted by atomic mass is 32.2. The van der Waals surface area contributed by atoms with E-state index >= 15 is 0 Å². The summed E-state index contributed by atoms with van der Waals surface area (Å²) in [6.07, 6.45) is 22.7. The van der Waals surface area contributed by atoms with Crippen LogP contribution >= 0.6 is 23.5 Å². The Morgan fingerprint density at radius 1 is 0.536 bits per heavy atom. The predicted molar refractivity (Wildman–Crippen MR) is 233 cm³/mol. The Kier molecular flexibility index (Phi) is 7.79. The molecule has 13 rings (SSSR count). The van der Waals surface area contributed by atoms with Gasteiger partial charge in [-0.1, -0.05) is 120 Å². The van der Waals surface area contributed by atoms with Crippen LogP contribution in [0.2, 0.25) is 0 Å². The highest BCUT2D eigenvalue weighted by molar-refractivity contribution is 8.04. The van der Waals surface area contributed by atoms with Gasteiger partial charge in [-0.2, -0.15) is 0 Å². The van der Waals surface area contributed by atoms with Crippen LogP contribution in [0.4, 0.5) is 0 Å². The maximum absolute atomic E-state index is 3.30. The SMILES string of the molecule is CC(C)(C)C1CC2SC3=C4N5C6=C(SC(C1)C25)C1CCCCC1N6C1CC2C(CC1N4C1CCCCC31)C1CCCCC1C2(c1ccccc1)c1ccccc1. The van der Waals surface area contributed by atoms with E-state index in [2.05, 4.69) is 120 Å².